The van der Waals surface area contributed by atoms with Gasteiger partial charge in [0.1, 0.15) is 0 Å². The molecule has 0 aromatic heterocycles. The van der Waals surface area contributed by atoms with Crippen LogP contribution >= 0.6 is 0 Å². The number of amides is 2. The number of carboxylic acids is 1. The maximum Gasteiger partial charge on any atom is 0.337 e. The molecule has 2 heterocycles. The molecular formula is C23H25N3O4. The molecule has 7 heteroatoms. The van der Waals surface area contributed by atoms with Gasteiger partial charge in [-0.3, -0.25) is 9.59 Å². The Balaban J connectivity index is 1.44. The lowest BCUT2D eigenvalue weighted by Gasteiger charge is -2.21. The minimum atomic E-state index is -1.10. The standard InChI is InChI=1S/C23H25N3O4/c1-15-4-9-20(19(12-15)23(29)30)24-22(28)16-13-21(27)26(14-16)18-7-5-17(6-8-18)25-10-2-3-11-25/h4-9,12,16H,2-3,10-11,13-14H2,1H3,(H,24,28)(H,29,30). The molecule has 0 saturated carbocycles. The highest BCUT2D eigenvalue weighted by Gasteiger charge is 2.35. The summed E-state index contributed by atoms with van der Waals surface area (Å²) in [5.74, 6) is -2.08. The van der Waals surface area contributed by atoms with E-state index in [2.05, 4.69) is 10.2 Å². The lowest BCUT2D eigenvalue weighted by Crippen LogP contribution is -2.28. The van der Waals surface area contributed by atoms with Crippen molar-refractivity contribution in [2.24, 2.45) is 5.92 Å². The van der Waals surface area contributed by atoms with Crippen molar-refractivity contribution in [2.75, 3.05) is 34.8 Å². The number of anilines is 3. The Hall–Kier alpha value is -3.35. The molecule has 156 valence electrons. The number of nitrogens with zero attached hydrogens (tertiary/aromatic N) is 2. The van der Waals surface area contributed by atoms with E-state index in [4.69, 9.17) is 0 Å². The second kappa shape index (κ2) is 8.18. The van der Waals surface area contributed by atoms with E-state index in [1.807, 2.05) is 24.3 Å². The number of carbonyl (C=O) groups excluding carboxylic acids is 2. The van der Waals surface area contributed by atoms with Gasteiger partial charge in [-0.25, -0.2) is 4.79 Å². The third kappa shape index (κ3) is 4.01. The first-order valence-corrected chi connectivity index (χ1v) is 10.2. The van der Waals surface area contributed by atoms with Crippen LogP contribution in [-0.2, 0) is 9.59 Å². The second-order valence-corrected chi connectivity index (χ2v) is 7.96. The lowest BCUT2D eigenvalue weighted by atomic mass is 10.1. The number of aromatic carboxylic acids is 1. The number of carbonyl (C=O) groups is 3. The summed E-state index contributed by atoms with van der Waals surface area (Å²) in [4.78, 5) is 40.7. The SMILES string of the molecule is Cc1ccc(NC(=O)C2CC(=O)N(c3ccc(N4CCCC4)cc3)C2)c(C(=O)O)c1. The molecule has 1 atom stereocenters. The average Bonchev–Trinajstić information content (AvgIpc) is 3.39. The van der Waals surface area contributed by atoms with Crippen LogP contribution in [0.4, 0.5) is 17.1 Å². The third-order valence-electron chi connectivity index (χ3n) is 5.79. The van der Waals surface area contributed by atoms with Crippen LogP contribution in [0.3, 0.4) is 0 Å². The predicted molar refractivity (Wildman–Crippen MR) is 115 cm³/mol. The first kappa shape index (κ1) is 19.9. The average molecular weight is 407 g/mol. The van der Waals surface area contributed by atoms with Crippen LogP contribution < -0.4 is 15.1 Å². The molecular weight excluding hydrogens is 382 g/mol. The van der Waals surface area contributed by atoms with Crippen LogP contribution in [0.5, 0.6) is 0 Å². The summed E-state index contributed by atoms with van der Waals surface area (Å²) in [7, 11) is 0. The van der Waals surface area contributed by atoms with Gasteiger partial charge in [0.25, 0.3) is 0 Å². The molecule has 2 aliphatic rings. The molecule has 0 bridgehead atoms. The smallest absolute Gasteiger partial charge is 0.337 e. The third-order valence-corrected chi connectivity index (χ3v) is 5.79. The Bertz CT molecular complexity index is 980. The second-order valence-electron chi connectivity index (χ2n) is 7.96. The number of nitrogens with one attached hydrogen (secondary N) is 1. The number of aryl methyl sites for hydroxylation is 1. The molecule has 2 aliphatic heterocycles. The van der Waals surface area contributed by atoms with E-state index in [9.17, 15) is 19.5 Å². The Morgan fingerprint density at radius 3 is 2.37 bits per heavy atom. The summed E-state index contributed by atoms with van der Waals surface area (Å²) in [5.41, 5.74) is 3.02. The van der Waals surface area contributed by atoms with Gasteiger partial charge in [0.15, 0.2) is 0 Å². The Labute approximate surface area is 175 Å². The fraction of sp³-hybridized carbons (Fsp3) is 0.348. The summed E-state index contributed by atoms with van der Waals surface area (Å²) in [6, 6.07) is 12.7. The summed E-state index contributed by atoms with van der Waals surface area (Å²) >= 11 is 0. The van der Waals surface area contributed by atoms with Gasteiger partial charge in [-0.15, -0.1) is 0 Å². The molecule has 0 aliphatic carbocycles. The van der Waals surface area contributed by atoms with Gasteiger partial charge in [-0.1, -0.05) is 11.6 Å². The van der Waals surface area contributed by atoms with Crippen LogP contribution in [0.25, 0.3) is 0 Å². The van der Waals surface area contributed by atoms with E-state index < -0.39 is 11.9 Å². The number of rotatable bonds is 5. The quantitative estimate of drug-likeness (QED) is 0.794. The van der Waals surface area contributed by atoms with Crippen molar-refractivity contribution in [3.8, 4) is 0 Å². The van der Waals surface area contributed by atoms with Crippen molar-refractivity contribution < 1.29 is 19.5 Å². The Kier molecular flexibility index (Phi) is 5.44. The summed E-state index contributed by atoms with van der Waals surface area (Å²) in [6.45, 7) is 4.19. The van der Waals surface area contributed by atoms with E-state index in [1.165, 1.54) is 18.9 Å². The van der Waals surface area contributed by atoms with Gasteiger partial charge >= 0.3 is 5.97 Å². The van der Waals surface area contributed by atoms with Crippen LogP contribution in [-0.4, -0.2) is 42.5 Å². The highest BCUT2D eigenvalue weighted by Crippen LogP contribution is 2.29. The highest BCUT2D eigenvalue weighted by molar-refractivity contribution is 6.06. The summed E-state index contributed by atoms with van der Waals surface area (Å²) in [5, 5.41) is 12.1. The van der Waals surface area contributed by atoms with E-state index in [0.29, 0.717) is 0 Å². The van der Waals surface area contributed by atoms with Gasteiger partial charge in [-0.2, -0.15) is 0 Å². The fourth-order valence-corrected chi connectivity index (χ4v) is 4.13. The zero-order chi connectivity index (χ0) is 21.3. The van der Waals surface area contributed by atoms with Crippen LogP contribution in [0.2, 0.25) is 0 Å². The number of hydrogen-bond donors (Lipinski definition) is 2. The van der Waals surface area contributed by atoms with Crippen LogP contribution in [0, 0.1) is 12.8 Å². The van der Waals surface area contributed by atoms with Crippen molar-refractivity contribution in [1.29, 1.82) is 0 Å². The van der Waals surface area contributed by atoms with Crippen LogP contribution in [0.15, 0.2) is 42.5 Å². The summed E-state index contributed by atoms with van der Waals surface area (Å²) < 4.78 is 0. The molecule has 4 rings (SSSR count). The normalized spacial score (nSPS) is 18.7. The molecule has 2 amide bonds. The monoisotopic (exact) mass is 407 g/mol. The van der Waals surface area contributed by atoms with Crippen molar-refractivity contribution in [2.45, 2.75) is 26.2 Å². The van der Waals surface area contributed by atoms with Gasteiger partial charge in [0.05, 0.1) is 17.2 Å². The van der Waals surface area contributed by atoms with Crippen LogP contribution in [0.1, 0.15) is 35.2 Å². The molecule has 2 N–H and O–H groups in total. The van der Waals surface area contributed by atoms with Crippen molar-refractivity contribution in [1.82, 2.24) is 0 Å². The first-order valence-electron chi connectivity index (χ1n) is 10.2. The zero-order valence-corrected chi connectivity index (χ0v) is 16.9. The summed E-state index contributed by atoms with van der Waals surface area (Å²) in [6.07, 6.45) is 2.51. The number of benzene rings is 2. The van der Waals surface area contributed by atoms with Crippen molar-refractivity contribution >= 4 is 34.8 Å². The molecule has 2 fully saturated rings. The molecule has 2 saturated heterocycles. The molecule has 2 aromatic carbocycles. The van der Waals surface area contributed by atoms with Crippen molar-refractivity contribution in [3.05, 3.63) is 53.6 Å². The molecule has 30 heavy (non-hydrogen) atoms. The van der Waals surface area contributed by atoms with E-state index in [1.54, 1.807) is 24.0 Å². The molecule has 2 aromatic rings. The topological polar surface area (TPSA) is 90.0 Å². The number of hydrogen-bond acceptors (Lipinski definition) is 4. The first-order chi connectivity index (χ1) is 14.4. The minimum absolute atomic E-state index is 0.0435. The largest absolute Gasteiger partial charge is 0.478 e. The van der Waals surface area contributed by atoms with Gasteiger partial charge in [0, 0.05) is 37.4 Å². The van der Waals surface area contributed by atoms with Gasteiger partial charge in [-0.05, 0) is 56.2 Å². The molecule has 0 radical (unpaired) electrons. The minimum Gasteiger partial charge on any atom is -0.478 e. The van der Waals surface area contributed by atoms with E-state index in [0.717, 1.165) is 30.0 Å². The van der Waals surface area contributed by atoms with E-state index in [-0.39, 0.29) is 36.0 Å². The van der Waals surface area contributed by atoms with Gasteiger partial charge in [0.2, 0.25) is 11.8 Å². The zero-order valence-electron chi connectivity index (χ0n) is 16.9. The number of carboxylic acid groups (broad SMARTS) is 1. The lowest BCUT2D eigenvalue weighted by molar-refractivity contribution is -0.122. The molecule has 7 nitrogen and oxygen atoms in total. The highest BCUT2D eigenvalue weighted by atomic mass is 16.4. The Morgan fingerprint density at radius 1 is 1.03 bits per heavy atom. The van der Waals surface area contributed by atoms with Gasteiger partial charge < -0.3 is 20.2 Å². The molecule has 0 spiro atoms. The predicted octanol–water partition coefficient (Wildman–Crippen LogP) is 3.29. The van der Waals surface area contributed by atoms with Crippen molar-refractivity contribution in [3.63, 3.8) is 0 Å². The Morgan fingerprint density at radius 2 is 1.70 bits per heavy atom. The maximum absolute atomic E-state index is 12.7. The molecule has 1 unspecified atom stereocenters. The fourth-order valence-electron chi connectivity index (χ4n) is 4.13. The maximum atomic E-state index is 12.7. The van der Waals surface area contributed by atoms with E-state index >= 15 is 0 Å².